The van der Waals surface area contributed by atoms with Crippen LogP contribution in [-0.2, 0) is 0 Å². The molecule has 2 rings (SSSR count). The molecule has 1 aliphatic heterocycles. The Kier molecular flexibility index (Phi) is 1.39. The van der Waals surface area contributed by atoms with Crippen LogP contribution in [0.15, 0.2) is 34.0 Å². The number of furan rings is 1. The number of hydrogen-bond donors (Lipinski definition) is 0. The van der Waals surface area contributed by atoms with Crippen molar-refractivity contribution < 1.29 is 4.42 Å². The summed E-state index contributed by atoms with van der Waals surface area (Å²) in [5.74, 6) is 0.408. The molecule has 0 saturated heterocycles. The molecule has 0 aromatic carbocycles. The van der Waals surface area contributed by atoms with Crippen LogP contribution in [0.4, 0.5) is 0 Å². The predicted octanol–water partition coefficient (Wildman–Crippen LogP) is 0.843. The molecule has 2 heterocycles. The molecule has 0 bridgehead atoms. The molecular formula is C9H9NO. The van der Waals surface area contributed by atoms with Crippen LogP contribution in [0.1, 0.15) is 6.92 Å². The van der Waals surface area contributed by atoms with Gasteiger partial charge in [-0.1, -0.05) is 13.0 Å². The number of nitrogens with zero attached hydrogens (tertiary/aromatic N) is 1. The van der Waals surface area contributed by atoms with Crippen molar-refractivity contribution in [3.05, 3.63) is 35.4 Å². The zero-order valence-corrected chi connectivity index (χ0v) is 6.32. The van der Waals surface area contributed by atoms with Gasteiger partial charge < -0.3 is 4.42 Å². The molecule has 2 heteroatoms. The monoisotopic (exact) mass is 147 g/mol. The maximum absolute atomic E-state index is 5.22. The van der Waals surface area contributed by atoms with Crippen molar-refractivity contribution in [2.75, 3.05) is 0 Å². The normalized spacial score (nSPS) is 21.4. The van der Waals surface area contributed by atoms with Gasteiger partial charge in [0.1, 0.15) is 10.8 Å². The first kappa shape index (κ1) is 6.40. The number of fused-ring (bicyclic) bond motifs is 1. The lowest BCUT2D eigenvalue weighted by Crippen LogP contribution is -2.18. The van der Waals surface area contributed by atoms with E-state index < -0.39 is 0 Å². The van der Waals surface area contributed by atoms with Crippen molar-refractivity contribution in [2.24, 2.45) is 10.9 Å². The van der Waals surface area contributed by atoms with E-state index in [0.29, 0.717) is 5.92 Å². The first-order valence-electron chi connectivity index (χ1n) is 3.66. The highest BCUT2D eigenvalue weighted by Gasteiger charge is 1.97. The second-order valence-electron chi connectivity index (χ2n) is 2.67. The zero-order chi connectivity index (χ0) is 7.68. The van der Waals surface area contributed by atoms with Crippen molar-refractivity contribution >= 4 is 6.08 Å². The van der Waals surface area contributed by atoms with Crippen molar-refractivity contribution in [3.8, 4) is 0 Å². The Morgan fingerprint density at radius 2 is 2.45 bits per heavy atom. The average Bonchev–Trinajstić information content (AvgIpc) is 2.31. The Labute approximate surface area is 64.6 Å². The van der Waals surface area contributed by atoms with E-state index in [2.05, 4.69) is 18.0 Å². The lowest BCUT2D eigenvalue weighted by atomic mass is 10.2. The highest BCUT2D eigenvalue weighted by molar-refractivity contribution is 5.26. The average molecular weight is 147 g/mol. The van der Waals surface area contributed by atoms with Gasteiger partial charge in [0.05, 0.1) is 6.26 Å². The van der Waals surface area contributed by atoms with Crippen molar-refractivity contribution in [1.82, 2.24) is 0 Å². The molecule has 11 heavy (non-hydrogen) atoms. The van der Waals surface area contributed by atoms with Crippen LogP contribution < -0.4 is 10.8 Å². The number of rotatable bonds is 0. The van der Waals surface area contributed by atoms with E-state index in [1.54, 1.807) is 6.26 Å². The molecule has 1 unspecified atom stereocenters. The predicted molar refractivity (Wildman–Crippen MR) is 42.3 cm³/mol. The summed E-state index contributed by atoms with van der Waals surface area (Å²) < 4.78 is 5.22. The van der Waals surface area contributed by atoms with Gasteiger partial charge in [0.25, 0.3) is 0 Å². The van der Waals surface area contributed by atoms with Crippen LogP contribution in [0.5, 0.6) is 0 Å². The number of hydrogen-bond acceptors (Lipinski definition) is 2. The van der Waals surface area contributed by atoms with Gasteiger partial charge in [0, 0.05) is 12.3 Å². The summed E-state index contributed by atoms with van der Waals surface area (Å²) in [7, 11) is 0. The summed E-state index contributed by atoms with van der Waals surface area (Å²) in [5, 5.41) is 0.922. The second-order valence-corrected chi connectivity index (χ2v) is 2.67. The van der Waals surface area contributed by atoms with Crippen LogP contribution in [0.25, 0.3) is 6.08 Å². The van der Waals surface area contributed by atoms with Crippen LogP contribution in [-0.4, -0.2) is 0 Å². The topological polar surface area (TPSA) is 25.5 Å². The van der Waals surface area contributed by atoms with Gasteiger partial charge in [-0.15, -0.1) is 0 Å². The summed E-state index contributed by atoms with van der Waals surface area (Å²) in [6.07, 6.45) is 7.58. The summed E-state index contributed by atoms with van der Waals surface area (Å²) in [4.78, 5) is 4.19. The van der Waals surface area contributed by atoms with Gasteiger partial charge in [-0.3, -0.25) is 4.99 Å². The smallest absolute Gasteiger partial charge is 0.148 e. The van der Waals surface area contributed by atoms with Crippen LogP contribution in [0.3, 0.4) is 0 Å². The van der Waals surface area contributed by atoms with E-state index in [1.807, 2.05) is 18.3 Å². The Morgan fingerprint density at radius 1 is 1.55 bits per heavy atom. The number of allylic oxidation sites excluding steroid dienone is 1. The minimum absolute atomic E-state index is 0.408. The molecular weight excluding hydrogens is 138 g/mol. The molecule has 2 nitrogen and oxygen atoms in total. The SMILES string of the molecule is CC1C=CN=c2ccoc2=C1. The standard InChI is InChI=1S/C9H9NO/c1-7-2-4-10-8-3-5-11-9(8)6-7/h2-7H,1H3. The van der Waals surface area contributed by atoms with Gasteiger partial charge in [-0.2, -0.15) is 0 Å². The molecule has 0 N–H and O–H groups in total. The first-order valence-corrected chi connectivity index (χ1v) is 3.66. The van der Waals surface area contributed by atoms with Gasteiger partial charge in [0.2, 0.25) is 0 Å². The van der Waals surface area contributed by atoms with Gasteiger partial charge in [-0.25, -0.2) is 0 Å². The van der Waals surface area contributed by atoms with E-state index in [0.717, 1.165) is 10.8 Å². The van der Waals surface area contributed by atoms with E-state index in [9.17, 15) is 0 Å². The third-order valence-electron chi connectivity index (χ3n) is 1.69. The molecule has 0 radical (unpaired) electrons. The minimum Gasteiger partial charge on any atom is -0.463 e. The third-order valence-corrected chi connectivity index (χ3v) is 1.69. The van der Waals surface area contributed by atoms with Gasteiger partial charge in [0.15, 0.2) is 0 Å². The molecule has 56 valence electrons. The van der Waals surface area contributed by atoms with Crippen molar-refractivity contribution in [2.45, 2.75) is 6.92 Å². The maximum atomic E-state index is 5.22. The molecule has 1 aliphatic rings. The fourth-order valence-corrected chi connectivity index (χ4v) is 1.10. The third kappa shape index (κ3) is 1.11. The van der Waals surface area contributed by atoms with Gasteiger partial charge in [-0.05, 0) is 12.0 Å². The Hall–Kier alpha value is -1.31. The molecule has 0 spiro atoms. The second kappa shape index (κ2) is 2.38. The lowest BCUT2D eigenvalue weighted by molar-refractivity contribution is 0.527. The summed E-state index contributed by atoms with van der Waals surface area (Å²) in [6, 6.07) is 1.87. The fourth-order valence-electron chi connectivity index (χ4n) is 1.10. The van der Waals surface area contributed by atoms with E-state index >= 15 is 0 Å². The van der Waals surface area contributed by atoms with Gasteiger partial charge >= 0.3 is 0 Å². The van der Waals surface area contributed by atoms with Crippen LogP contribution in [0, 0.1) is 5.92 Å². The van der Waals surface area contributed by atoms with Crippen LogP contribution >= 0.6 is 0 Å². The summed E-state index contributed by atoms with van der Waals surface area (Å²) >= 11 is 0. The Balaban J connectivity index is 2.74. The van der Waals surface area contributed by atoms with E-state index in [-0.39, 0.29) is 0 Å². The summed E-state index contributed by atoms with van der Waals surface area (Å²) in [5.41, 5.74) is 0.877. The quantitative estimate of drug-likeness (QED) is 0.534. The van der Waals surface area contributed by atoms with E-state index in [1.165, 1.54) is 0 Å². The summed E-state index contributed by atoms with van der Waals surface area (Å²) in [6.45, 7) is 2.10. The van der Waals surface area contributed by atoms with Crippen molar-refractivity contribution in [3.63, 3.8) is 0 Å². The molecule has 0 amide bonds. The molecule has 1 atom stereocenters. The highest BCUT2D eigenvalue weighted by atomic mass is 16.3. The first-order chi connectivity index (χ1) is 5.36. The highest BCUT2D eigenvalue weighted by Crippen LogP contribution is 1.99. The molecule has 1 aromatic heterocycles. The van der Waals surface area contributed by atoms with Crippen molar-refractivity contribution in [1.29, 1.82) is 0 Å². The maximum Gasteiger partial charge on any atom is 0.148 e. The zero-order valence-electron chi connectivity index (χ0n) is 6.32. The largest absolute Gasteiger partial charge is 0.463 e. The van der Waals surface area contributed by atoms with Crippen LogP contribution in [0.2, 0.25) is 0 Å². The lowest BCUT2D eigenvalue weighted by Gasteiger charge is -1.90. The fraction of sp³-hybridized carbons (Fsp3) is 0.222. The molecule has 1 aromatic rings. The molecule has 0 fully saturated rings. The Bertz CT molecular complexity index is 386. The minimum atomic E-state index is 0.408. The Morgan fingerprint density at radius 3 is 3.36 bits per heavy atom. The molecule has 0 aliphatic carbocycles. The van der Waals surface area contributed by atoms with E-state index in [4.69, 9.17) is 4.42 Å². The molecule has 0 saturated carbocycles.